The number of hydrogen-bond acceptors (Lipinski definition) is 1. The number of halogens is 5. The van der Waals surface area contributed by atoms with Gasteiger partial charge in [0.1, 0.15) is 5.75 Å². The molecule has 0 heterocycles. The molecule has 0 unspecified atom stereocenters. The average Bonchev–Trinajstić information content (AvgIpc) is 2.01. The molecule has 0 N–H and O–H groups in total. The van der Waals surface area contributed by atoms with E-state index in [1.165, 1.54) is 18.2 Å². The summed E-state index contributed by atoms with van der Waals surface area (Å²) in [6, 6.07) is 5.82. The molecule has 0 saturated carbocycles. The van der Waals surface area contributed by atoms with Crippen molar-refractivity contribution in [3.8, 4) is 5.75 Å². The van der Waals surface area contributed by atoms with Gasteiger partial charge in [-0.05, 0) is 17.7 Å². The van der Waals surface area contributed by atoms with E-state index in [0.717, 1.165) is 5.56 Å². The van der Waals surface area contributed by atoms with Crippen molar-refractivity contribution in [3.63, 3.8) is 0 Å². The van der Waals surface area contributed by atoms with Gasteiger partial charge in [-0.2, -0.15) is 0 Å². The Hall–Kier alpha value is -0.230. The van der Waals surface area contributed by atoms with Crippen LogP contribution in [0.4, 0.5) is 13.2 Å². The minimum absolute atomic E-state index is 0. The van der Waals surface area contributed by atoms with Crippen LogP contribution in [-0.4, -0.2) is 6.36 Å². The lowest BCUT2D eigenvalue weighted by Crippen LogP contribution is -2.17. The molecular formula is C8H7Br2F3O. The summed E-state index contributed by atoms with van der Waals surface area (Å²) in [6.45, 7) is 0. The highest BCUT2D eigenvalue weighted by molar-refractivity contribution is 9.08. The van der Waals surface area contributed by atoms with E-state index >= 15 is 0 Å². The molecule has 0 spiro atoms. The maximum atomic E-state index is 11.7. The predicted molar refractivity (Wildman–Crippen MR) is 56.1 cm³/mol. The summed E-state index contributed by atoms with van der Waals surface area (Å²) < 4.78 is 39.0. The van der Waals surface area contributed by atoms with Crippen LogP contribution >= 0.6 is 32.9 Å². The summed E-state index contributed by atoms with van der Waals surface area (Å²) in [4.78, 5) is 0. The van der Waals surface area contributed by atoms with Crippen LogP contribution in [-0.2, 0) is 5.33 Å². The molecule has 0 atom stereocenters. The summed E-state index contributed by atoms with van der Waals surface area (Å²) in [5.74, 6) is -0.190. The van der Waals surface area contributed by atoms with E-state index in [1.54, 1.807) is 6.07 Å². The SMILES string of the molecule is Br.FC(F)(F)Oc1cccc(CBr)c1. The smallest absolute Gasteiger partial charge is 0.406 e. The molecule has 1 aromatic rings. The molecule has 0 aliphatic carbocycles. The van der Waals surface area contributed by atoms with Gasteiger partial charge in [0.05, 0.1) is 0 Å². The Balaban J connectivity index is 0.00000169. The quantitative estimate of drug-likeness (QED) is 0.741. The van der Waals surface area contributed by atoms with Gasteiger partial charge in [0.2, 0.25) is 0 Å². The first-order chi connectivity index (χ1) is 6.01. The van der Waals surface area contributed by atoms with E-state index in [4.69, 9.17) is 0 Å². The zero-order chi connectivity index (χ0) is 9.90. The van der Waals surface area contributed by atoms with E-state index in [9.17, 15) is 13.2 Å². The number of hydrogen-bond donors (Lipinski definition) is 0. The molecule has 0 saturated heterocycles. The van der Waals surface area contributed by atoms with Gasteiger partial charge in [-0.1, -0.05) is 28.1 Å². The Kier molecular flexibility index (Phi) is 5.51. The first kappa shape index (κ1) is 13.8. The van der Waals surface area contributed by atoms with E-state index in [1.807, 2.05) is 0 Å². The van der Waals surface area contributed by atoms with Crippen LogP contribution in [0.5, 0.6) is 5.75 Å². The standard InChI is InChI=1S/C8H6BrF3O.BrH/c9-5-6-2-1-3-7(4-6)13-8(10,11)12;/h1-4H,5H2;1H. The minimum Gasteiger partial charge on any atom is -0.406 e. The second-order valence-corrected chi connectivity index (χ2v) is 2.89. The lowest BCUT2D eigenvalue weighted by atomic mass is 10.2. The molecule has 0 aromatic heterocycles. The monoisotopic (exact) mass is 334 g/mol. The molecule has 1 rings (SSSR count). The number of rotatable bonds is 2. The molecule has 0 aliphatic rings. The van der Waals surface area contributed by atoms with Crippen LogP contribution < -0.4 is 4.74 Å². The van der Waals surface area contributed by atoms with E-state index in [2.05, 4.69) is 20.7 Å². The zero-order valence-corrected chi connectivity index (χ0v) is 10.1. The third-order valence-electron chi connectivity index (χ3n) is 1.29. The molecule has 0 fully saturated rings. The van der Waals surface area contributed by atoms with Crippen molar-refractivity contribution >= 4 is 32.9 Å². The molecule has 0 aliphatic heterocycles. The molecule has 0 radical (unpaired) electrons. The van der Waals surface area contributed by atoms with Crippen molar-refractivity contribution in [2.24, 2.45) is 0 Å². The van der Waals surface area contributed by atoms with Crippen molar-refractivity contribution in [1.82, 2.24) is 0 Å². The molecule has 0 bridgehead atoms. The fourth-order valence-corrected chi connectivity index (χ4v) is 1.17. The highest BCUT2D eigenvalue weighted by Gasteiger charge is 2.30. The first-order valence-electron chi connectivity index (χ1n) is 3.42. The van der Waals surface area contributed by atoms with Crippen molar-refractivity contribution in [1.29, 1.82) is 0 Å². The zero-order valence-electron chi connectivity index (χ0n) is 6.84. The third-order valence-corrected chi connectivity index (χ3v) is 1.93. The first-order valence-corrected chi connectivity index (χ1v) is 4.54. The molecule has 6 heteroatoms. The molecular weight excluding hydrogens is 329 g/mol. The van der Waals surface area contributed by atoms with Crippen molar-refractivity contribution < 1.29 is 17.9 Å². The van der Waals surface area contributed by atoms with E-state index in [0.29, 0.717) is 5.33 Å². The molecule has 0 amide bonds. The van der Waals surface area contributed by atoms with Gasteiger partial charge in [-0.3, -0.25) is 0 Å². The van der Waals surface area contributed by atoms with Crippen LogP contribution in [0.3, 0.4) is 0 Å². The van der Waals surface area contributed by atoms with E-state index in [-0.39, 0.29) is 22.7 Å². The van der Waals surface area contributed by atoms with Crippen LogP contribution in [0.1, 0.15) is 5.56 Å². The molecule has 80 valence electrons. The Labute approximate surface area is 98.2 Å². The molecule has 14 heavy (non-hydrogen) atoms. The van der Waals surface area contributed by atoms with Gasteiger partial charge in [-0.15, -0.1) is 30.2 Å². The fraction of sp³-hybridized carbons (Fsp3) is 0.250. The van der Waals surface area contributed by atoms with Crippen molar-refractivity contribution in [2.75, 3.05) is 0 Å². The summed E-state index contributed by atoms with van der Waals surface area (Å²) in [5.41, 5.74) is 0.738. The Bertz CT molecular complexity index is 288. The summed E-state index contributed by atoms with van der Waals surface area (Å²) in [7, 11) is 0. The van der Waals surface area contributed by atoms with Gasteiger partial charge in [0.25, 0.3) is 0 Å². The highest BCUT2D eigenvalue weighted by Crippen LogP contribution is 2.23. The van der Waals surface area contributed by atoms with Crippen LogP contribution in [0, 0.1) is 0 Å². The van der Waals surface area contributed by atoms with Gasteiger partial charge in [0, 0.05) is 5.33 Å². The Morgan fingerprint density at radius 1 is 1.29 bits per heavy atom. The normalized spacial score (nSPS) is 10.6. The maximum Gasteiger partial charge on any atom is 0.573 e. The lowest BCUT2D eigenvalue weighted by Gasteiger charge is -2.08. The highest BCUT2D eigenvalue weighted by atomic mass is 79.9. The third kappa shape index (κ3) is 4.85. The average molecular weight is 336 g/mol. The lowest BCUT2D eigenvalue weighted by molar-refractivity contribution is -0.274. The predicted octanol–water partition coefficient (Wildman–Crippen LogP) is 4.06. The molecule has 1 aromatic carbocycles. The topological polar surface area (TPSA) is 9.23 Å². The fourth-order valence-electron chi connectivity index (χ4n) is 0.826. The van der Waals surface area contributed by atoms with Gasteiger partial charge < -0.3 is 4.74 Å². The van der Waals surface area contributed by atoms with Crippen LogP contribution in [0.15, 0.2) is 24.3 Å². The Morgan fingerprint density at radius 3 is 2.43 bits per heavy atom. The molecule has 1 nitrogen and oxygen atoms in total. The van der Waals surface area contributed by atoms with Crippen molar-refractivity contribution in [2.45, 2.75) is 11.7 Å². The minimum atomic E-state index is -4.62. The van der Waals surface area contributed by atoms with Crippen LogP contribution in [0.25, 0.3) is 0 Å². The number of ether oxygens (including phenoxy) is 1. The number of alkyl halides is 4. The second-order valence-electron chi connectivity index (χ2n) is 2.33. The van der Waals surface area contributed by atoms with Gasteiger partial charge in [0.15, 0.2) is 0 Å². The van der Waals surface area contributed by atoms with Gasteiger partial charge >= 0.3 is 6.36 Å². The largest absolute Gasteiger partial charge is 0.573 e. The van der Waals surface area contributed by atoms with E-state index < -0.39 is 6.36 Å². The summed E-state index contributed by atoms with van der Waals surface area (Å²) in [6.07, 6.45) is -4.62. The second kappa shape index (κ2) is 5.60. The summed E-state index contributed by atoms with van der Waals surface area (Å²) >= 11 is 3.13. The maximum absolute atomic E-state index is 11.7. The van der Waals surface area contributed by atoms with Gasteiger partial charge in [-0.25, -0.2) is 0 Å². The number of benzene rings is 1. The van der Waals surface area contributed by atoms with Crippen molar-refractivity contribution in [3.05, 3.63) is 29.8 Å². The summed E-state index contributed by atoms with van der Waals surface area (Å²) in [5, 5.41) is 0.502. The van der Waals surface area contributed by atoms with Crippen LogP contribution in [0.2, 0.25) is 0 Å². The Morgan fingerprint density at radius 2 is 1.93 bits per heavy atom.